The van der Waals surface area contributed by atoms with Crippen LogP contribution in [0, 0.1) is 12.8 Å². The Morgan fingerprint density at radius 3 is 2.66 bits per heavy atom. The zero-order chi connectivity index (χ0) is 21.4. The van der Waals surface area contributed by atoms with Crippen molar-refractivity contribution in [2.24, 2.45) is 16.6 Å². The molecule has 0 amide bonds. The number of aromatic nitrogens is 1. The Hall–Kier alpha value is -2.61. The molecule has 0 aliphatic rings. The van der Waals surface area contributed by atoms with Gasteiger partial charge in [-0.1, -0.05) is 13.8 Å². The second kappa shape index (κ2) is 10.2. The maximum Gasteiger partial charge on any atom is 0.416 e. The summed E-state index contributed by atoms with van der Waals surface area (Å²) in [5.41, 5.74) is 7.40. The number of amidine groups is 1. The molecule has 0 fully saturated rings. The van der Waals surface area contributed by atoms with E-state index >= 15 is 0 Å². The standard InChI is InChI=1S/C21H27F3N4O/c1-14(2)12-28-20(25)18-11-16(6-7-27-18)13-26-8-9-29-19-5-4-17(10-15(19)3)21(22,23)24/h4-7,10-11,14,26H,8-9,12-13H2,1-3H3,(H2,25,28). The van der Waals surface area contributed by atoms with Gasteiger partial charge in [0.1, 0.15) is 23.9 Å². The summed E-state index contributed by atoms with van der Waals surface area (Å²) in [6.45, 7) is 7.84. The van der Waals surface area contributed by atoms with Crippen molar-refractivity contribution in [1.82, 2.24) is 10.3 Å². The Labute approximate surface area is 169 Å². The SMILES string of the molecule is Cc1cc(C(F)(F)F)ccc1OCCNCc1ccnc(C(N)=NCC(C)C)c1. The lowest BCUT2D eigenvalue weighted by atomic mass is 10.1. The predicted molar refractivity (Wildman–Crippen MR) is 108 cm³/mol. The fourth-order valence-electron chi connectivity index (χ4n) is 2.54. The molecule has 158 valence electrons. The van der Waals surface area contributed by atoms with E-state index in [0.717, 1.165) is 17.7 Å². The number of nitrogens with two attached hydrogens (primary N) is 1. The number of aliphatic imine (C=N–C) groups is 1. The van der Waals surface area contributed by atoms with Crippen LogP contribution in [0.2, 0.25) is 0 Å². The number of hydrogen-bond donors (Lipinski definition) is 2. The number of halogens is 3. The van der Waals surface area contributed by atoms with Gasteiger partial charge in [0, 0.05) is 25.8 Å². The van der Waals surface area contributed by atoms with Gasteiger partial charge in [0.25, 0.3) is 0 Å². The molecule has 2 rings (SSSR count). The van der Waals surface area contributed by atoms with E-state index in [1.807, 2.05) is 12.1 Å². The van der Waals surface area contributed by atoms with Crippen LogP contribution < -0.4 is 15.8 Å². The molecule has 0 atom stereocenters. The molecule has 0 aliphatic heterocycles. The highest BCUT2D eigenvalue weighted by Gasteiger charge is 2.30. The van der Waals surface area contributed by atoms with Crippen molar-refractivity contribution in [3.63, 3.8) is 0 Å². The lowest BCUT2D eigenvalue weighted by Gasteiger charge is -2.13. The summed E-state index contributed by atoms with van der Waals surface area (Å²) in [7, 11) is 0. The largest absolute Gasteiger partial charge is 0.492 e. The van der Waals surface area contributed by atoms with Gasteiger partial charge in [0.05, 0.1) is 5.56 Å². The van der Waals surface area contributed by atoms with Crippen molar-refractivity contribution in [1.29, 1.82) is 0 Å². The second-order valence-corrected chi connectivity index (χ2v) is 7.17. The van der Waals surface area contributed by atoms with Crippen LogP contribution in [0.5, 0.6) is 5.75 Å². The molecule has 29 heavy (non-hydrogen) atoms. The Morgan fingerprint density at radius 1 is 1.24 bits per heavy atom. The van der Waals surface area contributed by atoms with E-state index in [9.17, 15) is 13.2 Å². The van der Waals surface area contributed by atoms with E-state index in [2.05, 4.69) is 29.1 Å². The van der Waals surface area contributed by atoms with E-state index in [1.165, 1.54) is 6.07 Å². The average Bonchev–Trinajstić information content (AvgIpc) is 2.66. The summed E-state index contributed by atoms with van der Waals surface area (Å²) < 4.78 is 43.7. The van der Waals surface area contributed by atoms with Crippen LogP contribution in [0.4, 0.5) is 13.2 Å². The Balaban J connectivity index is 1.81. The first-order chi connectivity index (χ1) is 13.7. The summed E-state index contributed by atoms with van der Waals surface area (Å²) in [6, 6.07) is 7.23. The normalized spacial score (nSPS) is 12.4. The first-order valence-corrected chi connectivity index (χ1v) is 9.43. The summed E-state index contributed by atoms with van der Waals surface area (Å²) >= 11 is 0. The maximum atomic E-state index is 12.7. The first-order valence-electron chi connectivity index (χ1n) is 9.43. The van der Waals surface area contributed by atoms with Crippen molar-refractivity contribution >= 4 is 5.84 Å². The molecule has 0 aliphatic carbocycles. The van der Waals surface area contributed by atoms with Crippen molar-refractivity contribution in [2.75, 3.05) is 19.7 Å². The molecule has 3 N–H and O–H groups in total. The Bertz CT molecular complexity index is 835. The monoisotopic (exact) mass is 408 g/mol. The van der Waals surface area contributed by atoms with Gasteiger partial charge in [-0.25, -0.2) is 0 Å². The molecule has 5 nitrogen and oxygen atoms in total. The van der Waals surface area contributed by atoms with E-state index in [1.54, 1.807) is 13.1 Å². The minimum Gasteiger partial charge on any atom is -0.492 e. The molecule has 0 bridgehead atoms. The van der Waals surface area contributed by atoms with Gasteiger partial charge in [0.15, 0.2) is 0 Å². The van der Waals surface area contributed by atoms with E-state index in [-0.39, 0.29) is 0 Å². The lowest BCUT2D eigenvalue weighted by Crippen LogP contribution is -2.22. The van der Waals surface area contributed by atoms with Crippen molar-refractivity contribution in [3.05, 3.63) is 58.9 Å². The molecule has 1 aromatic heterocycles. The maximum absolute atomic E-state index is 12.7. The summed E-state index contributed by atoms with van der Waals surface area (Å²) in [6.07, 6.45) is -2.66. The van der Waals surface area contributed by atoms with Gasteiger partial charge in [-0.3, -0.25) is 9.98 Å². The van der Waals surface area contributed by atoms with Gasteiger partial charge >= 0.3 is 6.18 Å². The van der Waals surface area contributed by atoms with Crippen molar-refractivity contribution < 1.29 is 17.9 Å². The second-order valence-electron chi connectivity index (χ2n) is 7.17. The van der Waals surface area contributed by atoms with Crippen LogP contribution in [0.3, 0.4) is 0 Å². The fraction of sp³-hybridized carbons (Fsp3) is 0.429. The molecule has 8 heteroatoms. The highest BCUT2D eigenvalue weighted by Crippen LogP contribution is 2.32. The number of nitrogens with one attached hydrogen (secondary N) is 1. The van der Waals surface area contributed by atoms with E-state index < -0.39 is 11.7 Å². The zero-order valence-electron chi connectivity index (χ0n) is 16.9. The average molecular weight is 408 g/mol. The zero-order valence-corrected chi connectivity index (χ0v) is 16.9. The van der Waals surface area contributed by atoms with Crippen LogP contribution in [-0.2, 0) is 12.7 Å². The van der Waals surface area contributed by atoms with E-state index in [4.69, 9.17) is 10.5 Å². The van der Waals surface area contributed by atoms with Gasteiger partial charge < -0.3 is 15.8 Å². The highest BCUT2D eigenvalue weighted by molar-refractivity contribution is 5.95. The molecule has 0 radical (unpaired) electrons. The summed E-state index contributed by atoms with van der Waals surface area (Å²) in [5.74, 6) is 1.29. The molecule has 0 spiro atoms. The van der Waals surface area contributed by atoms with Crippen LogP contribution in [0.1, 0.15) is 36.2 Å². The quantitative estimate of drug-likeness (QED) is 0.375. The third-order valence-electron chi connectivity index (χ3n) is 4.08. The van der Waals surface area contributed by atoms with Crippen LogP contribution in [0.15, 0.2) is 41.5 Å². The summed E-state index contributed by atoms with van der Waals surface area (Å²) in [5, 5.41) is 3.23. The number of hydrogen-bond acceptors (Lipinski definition) is 4. The van der Waals surface area contributed by atoms with Gasteiger partial charge in [0.2, 0.25) is 0 Å². The van der Waals surface area contributed by atoms with Gasteiger partial charge in [-0.15, -0.1) is 0 Å². The minimum atomic E-state index is -4.35. The number of ether oxygens (including phenoxy) is 1. The van der Waals surface area contributed by atoms with Crippen LogP contribution in [0.25, 0.3) is 0 Å². The predicted octanol–water partition coefficient (Wildman–Crippen LogP) is 3.94. The number of nitrogens with zero attached hydrogens (tertiary/aromatic N) is 2. The topological polar surface area (TPSA) is 72.5 Å². The number of benzene rings is 1. The Kier molecular flexibility index (Phi) is 8.01. The molecule has 1 aromatic carbocycles. The molecule has 1 heterocycles. The van der Waals surface area contributed by atoms with Crippen LogP contribution in [-0.4, -0.2) is 30.5 Å². The smallest absolute Gasteiger partial charge is 0.416 e. The highest BCUT2D eigenvalue weighted by atomic mass is 19.4. The Morgan fingerprint density at radius 2 is 2.00 bits per heavy atom. The molecular formula is C21H27F3N4O. The number of alkyl halides is 3. The molecular weight excluding hydrogens is 381 g/mol. The van der Waals surface area contributed by atoms with Crippen molar-refractivity contribution in [3.8, 4) is 5.75 Å². The molecule has 2 aromatic rings. The first kappa shape index (κ1) is 22.7. The van der Waals surface area contributed by atoms with Gasteiger partial charge in [-0.05, 0) is 54.3 Å². The third kappa shape index (κ3) is 7.38. The minimum absolute atomic E-state index is 0.335. The molecule has 0 saturated carbocycles. The summed E-state index contributed by atoms with van der Waals surface area (Å²) in [4.78, 5) is 8.58. The third-order valence-corrected chi connectivity index (χ3v) is 4.08. The van der Waals surface area contributed by atoms with Crippen molar-refractivity contribution in [2.45, 2.75) is 33.5 Å². The molecule has 0 unspecified atom stereocenters. The number of pyridine rings is 1. The molecule has 0 saturated heterocycles. The van der Waals surface area contributed by atoms with E-state index in [0.29, 0.717) is 55.0 Å². The van der Waals surface area contributed by atoms with Gasteiger partial charge in [-0.2, -0.15) is 13.2 Å². The number of aryl methyl sites for hydroxylation is 1. The fourth-order valence-corrected chi connectivity index (χ4v) is 2.54. The lowest BCUT2D eigenvalue weighted by molar-refractivity contribution is -0.137. The number of rotatable bonds is 9. The van der Waals surface area contributed by atoms with Crippen LogP contribution >= 0.6 is 0 Å².